The number of nitriles is 1. The van der Waals surface area contributed by atoms with Gasteiger partial charge in [0.25, 0.3) is 0 Å². The van der Waals surface area contributed by atoms with E-state index in [-0.39, 0.29) is 0 Å². The minimum absolute atomic E-state index is 0.496. The molecule has 0 aliphatic heterocycles. The van der Waals surface area contributed by atoms with Crippen molar-refractivity contribution in [3.8, 4) is 6.07 Å². The lowest BCUT2D eigenvalue weighted by Gasteiger charge is -2.09. The van der Waals surface area contributed by atoms with Crippen molar-refractivity contribution in [2.75, 3.05) is 0 Å². The topological polar surface area (TPSA) is 28.7 Å². The highest BCUT2D eigenvalue weighted by Crippen LogP contribution is 2.30. The van der Waals surface area contributed by atoms with Crippen LogP contribution in [0.4, 0.5) is 0 Å². The van der Waals surface area contributed by atoms with Crippen molar-refractivity contribution in [3.05, 3.63) is 34.5 Å². The van der Waals surface area contributed by atoms with E-state index < -0.39 is 0 Å². The molecule has 0 amide bonds. The molecule has 2 rings (SSSR count). The van der Waals surface area contributed by atoms with Crippen LogP contribution in [0.15, 0.2) is 18.2 Å². The van der Waals surface area contributed by atoms with Crippen molar-refractivity contribution in [2.24, 2.45) is 5.92 Å². The van der Waals surface area contributed by atoms with Gasteiger partial charge >= 0.3 is 0 Å². The van der Waals surface area contributed by atoms with Gasteiger partial charge in [0.15, 0.2) is 0 Å². The molecule has 1 aromatic heterocycles. The summed E-state index contributed by atoms with van der Waals surface area (Å²) >= 11 is 6.29. The Morgan fingerprint density at radius 3 is 2.71 bits per heavy atom. The number of nitrogens with zero attached hydrogens (tertiary/aromatic N) is 2. The zero-order chi connectivity index (χ0) is 12.6. The van der Waals surface area contributed by atoms with Gasteiger partial charge in [-0.05, 0) is 25.0 Å². The highest BCUT2D eigenvalue weighted by atomic mass is 35.5. The van der Waals surface area contributed by atoms with Crippen LogP contribution in [-0.4, -0.2) is 4.57 Å². The van der Waals surface area contributed by atoms with E-state index in [0.29, 0.717) is 16.6 Å². The van der Waals surface area contributed by atoms with Gasteiger partial charge < -0.3 is 4.57 Å². The lowest BCUT2D eigenvalue weighted by molar-refractivity contribution is 0.535. The SMILES string of the molecule is Cc1ccc2c(c1)c(C#N)c(Cl)n2CC(C)C. The van der Waals surface area contributed by atoms with Crippen molar-refractivity contribution in [1.29, 1.82) is 5.26 Å². The molecular weight excluding hydrogens is 232 g/mol. The summed E-state index contributed by atoms with van der Waals surface area (Å²) < 4.78 is 2.03. The van der Waals surface area contributed by atoms with Crippen LogP contribution in [0.5, 0.6) is 0 Å². The van der Waals surface area contributed by atoms with E-state index in [1.807, 2.05) is 23.6 Å². The summed E-state index contributed by atoms with van der Waals surface area (Å²) in [7, 11) is 0. The lowest BCUT2D eigenvalue weighted by Crippen LogP contribution is -2.04. The van der Waals surface area contributed by atoms with Gasteiger partial charge in [-0.2, -0.15) is 5.26 Å². The Bertz CT molecular complexity index is 603. The minimum Gasteiger partial charge on any atom is -0.330 e. The molecule has 0 saturated carbocycles. The van der Waals surface area contributed by atoms with Crippen LogP contribution in [0.25, 0.3) is 10.9 Å². The fourth-order valence-electron chi connectivity index (χ4n) is 2.09. The molecule has 3 heteroatoms. The second-order valence-electron chi connectivity index (χ2n) is 4.80. The summed E-state index contributed by atoms with van der Waals surface area (Å²) in [4.78, 5) is 0. The maximum absolute atomic E-state index is 9.21. The average molecular weight is 247 g/mol. The Hall–Kier alpha value is -1.46. The molecule has 17 heavy (non-hydrogen) atoms. The second-order valence-corrected chi connectivity index (χ2v) is 5.16. The molecule has 0 fully saturated rings. The van der Waals surface area contributed by atoms with Crippen molar-refractivity contribution < 1.29 is 0 Å². The van der Waals surface area contributed by atoms with E-state index in [9.17, 15) is 5.26 Å². The number of aryl methyl sites for hydroxylation is 1. The molecule has 1 aromatic carbocycles. The van der Waals surface area contributed by atoms with Crippen molar-refractivity contribution >= 4 is 22.5 Å². The molecule has 0 aliphatic rings. The predicted molar refractivity (Wildman–Crippen MR) is 71.2 cm³/mol. The molecule has 0 unspecified atom stereocenters. The fourth-order valence-corrected chi connectivity index (χ4v) is 2.39. The smallest absolute Gasteiger partial charge is 0.128 e. The third-order valence-corrected chi connectivity index (χ3v) is 3.21. The van der Waals surface area contributed by atoms with Crippen LogP contribution < -0.4 is 0 Å². The average Bonchev–Trinajstić information content (AvgIpc) is 2.50. The van der Waals surface area contributed by atoms with Crippen molar-refractivity contribution in [2.45, 2.75) is 27.3 Å². The van der Waals surface area contributed by atoms with Gasteiger partial charge in [-0.1, -0.05) is 37.1 Å². The van der Waals surface area contributed by atoms with E-state index in [2.05, 4.69) is 26.0 Å². The largest absolute Gasteiger partial charge is 0.330 e. The van der Waals surface area contributed by atoms with Crippen molar-refractivity contribution in [1.82, 2.24) is 4.57 Å². The normalized spacial score (nSPS) is 11.1. The molecule has 0 bridgehead atoms. The minimum atomic E-state index is 0.496. The number of rotatable bonds is 2. The quantitative estimate of drug-likeness (QED) is 0.783. The molecule has 2 aromatic rings. The number of halogens is 1. The first-order valence-corrected chi connectivity index (χ1v) is 6.10. The van der Waals surface area contributed by atoms with Crippen LogP contribution >= 0.6 is 11.6 Å². The standard InChI is InChI=1S/C14H15ClN2/c1-9(2)8-17-13-5-4-10(3)6-11(13)12(7-16)14(17)15/h4-6,9H,8H2,1-3H3. The number of hydrogen-bond acceptors (Lipinski definition) is 1. The first-order valence-electron chi connectivity index (χ1n) is 5.73. The zero-order valence-corrected chi connectivity index (χ0v) is 11.0. The van der Waals surface area contributed by atoms with Gasteiger partial charge in [0.2, 0.25) is 0 Å². The summed E-state index contributed by atoms with van der Waals surface area (Å²) in [6.45, 7) is 7.14. The summed E-state index contributed by atoms with van der Waals surface area (Å²) in [5.74, 6) is 0.496. The summed E-state index contributed by atoms with van der Waals surface area (Å²) in [6, 6.07) is 8.32. The second kappa shape index (κ2) is 4.43. The third kappa shape index (κ3) is 2.03. The predicted octanol–water partition coefficient (Wildman–Crippen LogP) is 4.13. The van der Waals surface area contributed by atoms with Gasteiger partial charge in [-0.15, -0.1) is 0 Å². The van der Waals surface area contributed by atoms with Crippen LogP contribution in [0, 0.1) is 24.2 Å². The Morgan fingerprint density at radius 2 is 2.12 bits per heavy atom. The molecule has 1 heterocycles. The highest BCUT2D eigenvalue weighted by molar-refractivity contribution is 6.32. The van der Waals surface area contributed by atoms with E-state index >= 15 is 0 Å². The van der Waals surface area contributed by atoms with Gasteiger partial charge in [-0.3, -0.25) is 0 Å². The highest BCUT2D eigenvalue weighted by Gasteiger charge is 2.15. The van der Waals surface area contributed by atoms with Crippen LogP contribution in [0.3, 0.4) is 0 Å². The zero-order valence-electron chi connectivity index (χ0n) is 10.3. The van der Waals surface area contributed by atoms with Gasteiger partial charge in [0.05, 0.1) is 11.1 Å². The molecule has 0 aliphatic carbocycles. The molecular formula is C14H15ClN2. The Labute approximate surface area is 106 Å². The number of aromatic nitrogens is 1. The molecule has 0 spiro atoms. The van der Waals surface area contributed by atoms with Crippen LogP contribution in [0.1, 0.15) is 25.0 Å². The maximum Gasteiger partial charge on any atom is 0.128 e. The molecule has 0 atom stereocenters. The molecule has 88 valence electrons. The molecule has 2 nitrogen and oxygen atoms in total. The number of hydrogen-bond donors (Lipinski definition) is 0. The summed E-state index contributed by atoms with van der Waals surface area (Å²) in [6.07, 6.45) is 0. The summed E-state index contributed by atoms with van der Waals surface area (Å²) in [5.41, 5.74) is 2.78. The van der Waals surface area contributed by atoms with E-state index in [1.54, 1.807) is 0 Å². The fraction of sp³-hybridized carbons (Fsp3) is 0.357. The third-order valence-electron chi connectivity index (χ3n) is 2.81. The first-order chi connectivity index (χ1) is 8.04. The van der Waals surface area contributed by atoms with E-state index in [0.717, 1.165) is 23.0 Å². The van der Waals surface area contributed by atoms with Crippen LogP contribution in [0.2, 0.25) is 5.15 Å². The van der Waals surface area contributed by atoms with Gasteiger partial charge in [0.1, 0.15) is 11.2 Å². The molecule has 0 radical (unpaired) electrons. The number of fused-ring (bicyclic) bond motifs is 1. The summed E-state index contributed by atoms with van der Waals surface area (Å²) in [5, 5.41) is 10.7. The number of benzene rings is 1. The van der Waals surface area contributed by atoms with E-state index in [4.69, 9.17) is 11.6 Å². The lowest BCUT2D eigenvalue weighted by atomic mass is 10.1. The maximum atomic E-state index is 9.21. The van der Waals surface area contributed by atoms with Gasteiger partial charge in [-0.25, -0.2) is 0 Å². The molecule has 0 N–H and O–H groups in total. The Kier molecular flexibility index (Phi) is 3.13. The van der Waals surface area contributed by atoms with Crippen molar-refractivity contribution in [3.63, 3.8) is 0 Å². The van der Waals surface area contributed by atoms with Crippen LogP contribution in [-0.2, 0) is 6.54 Å². The first kappa shape index (κ1) is 12.0. The Balaban J connectivity index is 2.76. The molecule has 0 saturated heterocycles. The van der Waals surface area contributed by atoms with Gasteiger partial charge in [0, 0.05) is 11.9 Å². The Morgan fingerprint density at radius 1 is 1.41 bits per heavy atom. The monoisotopic (exact) mass is 246 g/mol. The van der Waals surface area contributed by atoms with E-state index in [1.165, 1.54) is 0 Å².